The molecule has 0 fully saturated rings. The molecule has 0 aliphatic carbocycles. The molecular formula is C15H22N4. The molecule has 0 aliphatic heterocycles. The van der Waals surface area contributed by atoms with Crippen molar-refractivity contribution in [2.75, 3.05) is 11.1 Å². The van der Waals surface area contributed by atoms with E-state index in [1.165, 1.54) is 5.56 Å². The molecule has 2 rings (SSSR count). The molecule has 0 aliphatic rings. The Labute approximate surface area is 114 Å². The number of anilines is 3. The monoisotopic (exact) mass is 258 g/mol. The predicted molar refractivity (Wildman–Crippen MR) is 80.8 cm³/mol. The Bertz CT molecular complexity index is 557. The highest BCUT2D eigenvalue weighted by Crippen LogP contribution is 2.26. The minimum absolute atomic E-state index is 0.732. The molecule has 0 bridgehead atoms. The van der Waals surface area contributed by atoms with Crippen molar-refractivity contribution < 1.29 is 0 Å². The van der Waals surface area contributed by atoms with Gasteiger partial charge in [-0.2, -0.15) is 5.10 Å². The third-order valence-corrected chi connectivity index (χ3v) is 3.21. The number of aryl methyl sites for hydroxylation is 3. The number of aromatic nitrogens is 2. The lowest BCUT2D eigenvalue weighted by Crippen LogP contribution is -2.05. The molecule has 4 nitrogen and oxygen atoms in total. The van der Waals surface area contributed by atoms with E-state index in [9.17, 15) is 0 Å². The highest BCUT2D eigenvalue weighted by molar-refractivity contribution is 5.71. The maximum Gasteiger partial charge on any atom is 0.152 e. The summed E-state index contributed by atoms with van der Waals surface area (Å²) in [7, 11) is 0. The minimum Gasteiger partial charge on any atom is -0.394 e. The van der Waals surface area contributed by atoms with Gasteiger partial charge in [0.2, 0.25) is 0 Å². The third-order valence-electron chi connectivity index (χ3n) is 3.21. The summed E-state index contributed by atoms with van der Waals surface area (Å²) in [6, 6.07) is 8.39. The van der Waals surface area contributed by atoms with E-state index in [1.807, 2.05) is 11.6 Å². The van der Waals surface area contributed by atoms with Crippen molar-refractivity contribution in [3.05, 3.63) is 35.5 Å². The first-order valence-corrected chi connectivity index (χ1v) is 6.84. The Morgan fingerprint density at radius 3 is 2.79 bits per heavy atom. The fraction of sp³-hybridized carbons (Fsp3) is 0.400. The van der Waals surface area contributed by atoms with E-state index in [-0.39, 0.29) is 0 Å². The Hall–Kier alpha value is -1.97. The van der Waals surface area contributed by atoms with Crippen LogP contribution in [0.3, 0.4) is 0 Å². The average molecular weight is 258 g/mol. The topological polar surface area (TPSA) is 55.9 Å². The summed E-state index contributed by atoms with van der Waals surface area (Å²) in [5, 5.41) is 7.86. The number of nitrogen functional groups attached to an aromatic ring is 1. The van der Waals surface area contributed by atoms with Gasteiger partial charge >= 0.3 is 0 Å². The molecule has 2 aromatic rings. The van der Waals surface area contributed by atoms with Gasteiger partial charge in [-0.05, 0) is 37.5 Å². The summed E-state index contributed by atoms with van der Waals surface area (Å²) in [6.07, 6.45) is 2.06. The van der Waals surface area contributed by atoms with Crippen molar-refractivity contribution in [2.24, 2.45) is 0 Å². The van der Waals surface area contributed by atoms with Crippen LogP contribution in [0.25, 0.3) is 0 Å². The van der Waals surface area contributed by atoms with Crippen molar-refractivity contribution in [1.29, 1.82) is 0 Å². The number of rotatable bonds is 5. The van der Waals surface area contributed by atoms with Crippen LogP contribution in [0.4, 0.5) is 17.2 Å². The number of nitrogens with one attached hydrogen (secondary N) is 1. The quantitative estimate of drug-likeness (QED) is 0.863. The molecule has 1 aromatic carbocycles. The van der Waals surface area contributed by atoms with Crippen LogP contribution in [0.5, 0.6) is 0 Å². The van der Waals surface area contributed by atoms with Gasteiger partial charge in [-0.15, -0.1) is 0 Å². The third kappa shape index (κ3) is 2.89. The summed E-state index contributed by atoms with van der Waals surface area (Å²) in [5.41, 5.74) is 10.1. The number of hydrogen-bond donors (Lipinski definition) is 2. The fourth-order valence-electron chi connectivity index (χ4n) is 2.11. The number of nitrogens with two attached hydrogens (primary N) is 1. The Morgan fingerprint density at radius 2 is 2.11 bits per heavy atom. The average Bonchev–Trinajstić information content (AvgIpc) is 2.67. The highest BCUT2D eigenvalue weighted by Gasteiger charge is 2.12. The second kappa shape index (κ2) is 5.78. The van der Waals surface area contributed by atoms with Crippen LogP contribution < -0.4 is 11.1 Å². The van der Waals surface area contributed by atoms with E-state index in [4.69, 9.17) is 5.73 Å². The first kappa shape index (κ1) is 13.5. The molecule has 0 spiro atoms. The van der Waals surface area contributed by atoms with Crippen molar-refractivity contribution >= 4 is 17.2 Å². The predicted octanol–water partition coefficient (Wildman–Crippen LogP) is 3.49. The van der Waals surface area contributed by atoms with E-state index < -0.39 is 0 Å². The van der Waals surface area contributed by atoms with Crippen molar-refractivity contribution in [2.45, 2.75) is 40.2 Å². The highest BCUT2D eigenvalue weighted by atomic mass is 15.3. The SMILES string of the molecule is CCCn1nc(C)c(N)c1Nc1cccc(CC)c1. The zero-order valence-electron chi connectivity index (χ0n) is 11.9. The van der Waals surface area contributed by atoms with E-state index in [0.717, 1.165) is 42.3 Å². The van der Waals surface area contributed by atoms with E-state index in [2.05, 4.69) is 48.5 Å². The van der Waals surface area contributed by atoms with Crippen LogP contribution in [0, 0.1) is 6.92 Å². The molecule has 4 heteroatoms. The van der Waals surface area contributed by atoms with Crippen LogP contribution in [0.15, 0.2) is 24.3 Å². The number of hydrogen-bond acceptors (Lipinski definition) is 3. The van der Waals surface area contributed by atoms with Crippen molar-refractivity contribution in [1.82, 2.24) is 9.78 Å². The van der Waals surface area contributed by atoms with Gasteiger partial charge in [0, 0.05) is 12.2 Å². The molecular weight excluding hydrogens is 236 g/mol. The van der Waals surface area contributed by atoms with Gasteiger partial charge in [0.1, 0.15) is 0 Å². The lowest BCUT2D eigenvalue weighted by molar-refractivity contribution is 0.605. The zero-order chi connectivity index (χ0) is 13.8. The molecule has 0 atom stereocenters. The molecule has 0 radical (unpaired) electrons. The summed E-state index contributed by atoms with van der Waals surface area (Å²) in [6.45, 7) is 7.09. The zero-order valence-corrected chi connectivity index (χ0v) is 11.9. The van der Waals surface area contributed by atoms with E-state index in [0.29, 0.717) is 0 Å². The van der Waals surface area contributed by atoms with Crippen molar-refractivity contribution in [3.63, 3.8) is 0 Å². The van der Waals surface area contributed by atoms with Crippen LogP contribution >= 0.6 is 0 Å². The van der Waals surface area contributed by atoms with Crippen LogP contribution in [-0.4, -0.2) is 9.78 Å². The molecule has 0 amide bonds. The number of nitrogens with zero attached hydrogens (tertiary/aromatic N) is 2. The Kier molecular flexibility index (Phi) is 4.10. The largest absolute Gasteiger partial charge is 0.394 e. The molecule has 3 N–H and O–H groups in total. The fourth-order valence-corrected chi connectivity index (χ4v) is 2.11. The molecule has 0 saturated carbocycles. The van der Waals surface area contributed by atoms with E-state index >= 15 is 0 Å². The van der Waals surface area contributed by atoms with Gasteiger partial charge in [-0.25, -0.2) is 4.68 Å². The van der Waals surface area contributed by atoms with Gasteiger partial charge < -0.3 is 11.1 Å². The molecule has 102 valence electrons. The Balaban J connectivity index is 2.31. The summed E-state index contributed by atoms with van der Waals surface area (Å²) >= 11 is 0. The molecule has 0 saturated heterocycles. The van der Waals surface area contributed by atoms with Gasteiger partial charge in [-0.3, -0.25) is 0 Å². The standard InChI is InChI=1S/C15H22N4/c1-4-9-19-15(14(16)11(3)18-19)17-13-8-6-7-12(5-2)10-13/h6-8,10,17H,4-5,9,16H2,1-3H3. The first-order valence-electron chi connectivity index (χ1n) is 6.84. The molecule has 1 heterocycles. The second-order valence-electron chi connectivity index (χ2n) is 4.75. The van der Waals surface area contributed by atoms with Crippen LogP contribution in [0.1, 0.15) is 31.5 Å². The van der Waals surface area contributed by atoms with Crippen molar-refractivity contribution in [3.8, 4) is 0 Å². The van der Waals surface area contributed by atoms with Crippen LogP contribution in [0.2, 0.25) is 0 Å². The second-order valence-corrected chi connectivity index (χ2v) is 4.75. The molecule has 0 unspecified atom stereocenters. The minimum atomic E-state index is 0.732. The Morgan fingerprint density at radius 1 is 1.32 bits per heavy atom. The van der Waals surface area contributed by atoms with Gasteiger partial charge in [0.25, 0.3) is 0 Å². The normalized spacial score (nSPS) is 10.7. The summed E-state index contributed by atoms with van der Waals surface area (Å²) in [5.74, 6) is 0.896. The van der Waals surface area contributed by atoms with Gasteiger partial charge in [0.15, 0.2) is 5.82 Å². The van der Waals surface area contributed by atoms with Gasteiger partial charge in [-0.1, -0.05) is 26.0 Å². The van der Waals surface area contributed by atoms with Gasteiger partial charge in [0.05, 0.1) is 11.4 Å². The molecule has 1 aromatic heterocycles. The molecule has 19 heavy (non-hydrogen) atoms. The summed E-state index contributed by atoms with van der Waals surface area (Å²) in [4.78, 5) is 0. The summed E-state index contributed by atoms with van der Waals surface area (Å²) < 4.78 is 1.95. The maximum atomic E-state index is 6.11. The van der Waals surface area contributed by atoms with Crippen LogP contribution in [-0.2, 0) is 13.0 Å². The lowest BCUT2D eigenvalue weighted by atomic mass is 10.1. The lowest BCUT2D eigenvalue weighted by Gasteiger charge is -2.11. The maximum absolute atomic E-state index is 6.11. The smallest absolute Gasteiger partial charge is 0.152 e. The first-order chi connectivity index (χ1) is 9.15. The van der Waals surface area contributed by atoms with E-state index in [1.54, 1.807) is 0 Å². The number of benzene rings is 1.